The molecule has 100 valence electrons. The van der Waals surface area contributed by atoms with E-state index in [-0.39, 0.29) is 11.7 Å². The molecule has 1 saturated heterocycles. The summed E-state index contributed by atoms with van der Waals surface area (Å²) in [4.78, 5) is 11.1. The second-order valence-corrected chi connectivity index (χ2v) is 5.51. The summed E-state index contributed by atoms with van der Waals surface area (Å²) in [7, 11) is 1.84. The van der Waals surface area contributed by atoms with E-state index in [1.807, 2.05) is 20.0 Å². The van der Waals surface area contributed by atoms with Crippen LogP contribution in [-0.2, 0) is 4.74 Å². The van der Waals surface area contributed by atoms with Crippen LogP contribution in [0.25, 0.3) is 0 Å². The first kappa shape index (κ1) is 13.1. The van der Waals surface area contributed by atoms with Crippen molar-refractivity contribution in [3.63, 3.8) is 0 Å². The number of ether oxygens (including phenoxy) is 1. The lowest BCUT2D eigenvalue weighted by atomic mass is 10.1. The fourth-order valence-electron chi connectivity index (χ4n) is 2.45. The standard InChI is InChI=1S/C13H22N4O/c1-9-6-11(16-12(14-5)15-9)17-7-10(2)18-13(3,4)8-17/h6,10H,7-8H2,1-5H3,(H,14,15,16). The topological polar surface area (TPSA) is 50.3 Å². The van der Waals surface area contributed by atoms with Crippen LogP contribution in [0, 0.1) is 6.92 Å². The Morgan fingerprint density at radius 2 is 2.17 bits per heavy atom. The predicted molar refractivity (Wildman–Crippen MR) is 73.2 cm³/mol. The Bertz CT molecular complexity index is 433. The Kier molecular flexibility index (Phi) is 3.43. The first-order valence-electron chi connectivity index (χ1n) is 6.36. The van der Waals surface area contributed by atoms with Crippen LogP contribution in [0.4, 0.5) is 11.8 Å². The van der Waals surface area contributed by atoms with Gasteiger partial charge in [-0.15, -0.1) is 0 Å². The highest BCUT2D eigenvalue weighted by Crippen LogP contribution is 2.25. The Morgan fingerprint density at radius 3 is 2.78 bits per heavy atom. The fourth-order valence-corrected chi connectivity index (χ4v) is 2.45. The summed E-state index contributed by atoms with van der Waals surface area (Å²) in [6, 6.07) is 2.02. The average Bonchev–Trinajstić information content (AvgIpc) is 2.25. The van der Waals surface area contributed by atoms with Crippen LogP contribution in [0.1, 0.15) is 26.5 Å². The van der Waals surface area contributed by atoms with Crippen LogP contribution in [0.2, 0.25) is 0 Å². The van der Waals surface area contributed by atoms with Gasteiger partial charge in [0, 0.05) is 31.9 Å². The molecule has 1 aromatic heterocycles. The molecule has 5 nitrogen and oxygen atoms in total. The molecule has 0 bridgehead atoms. The second kappa shape index (κ2) is 4.72. The molecule has 5 heteroatoms. The van der Waals surface area contributed by atoms with E-state index >= 15 is 0 Å². The first-order valence-corrected chi connectivity index (χ1v) is 6.36. The molecular weight excluding hydrogens is 228 g/mol. The van der Waals surface area contributed by atoms with Gasteiger partial charge in [-0.25, -0.2) is 4.98 Å². The highest BCUT2D eigenvalue weighted by molar-refractivity contribution is 5.45. The molecule has 2 rings (SSSR count). The largest absolute Gasteiger partial charge is 0.369 e. The van der Waals surface area contributed by atoms with E-state index in [1.165, 1.54) is 0 Å². The summed E-state index contributed by atoms with van der Waals surface area (Å²) in [5, 5.41) is 3.00. The van der Waals surface area contributed by atoms with Crippen molar-refractivity contribution in [1.29, 1.82) is 0 Å². The van der Waals surface area contributed by atoms with Gasteiger partial charge >= 0.3 is 0 Å². The quantitative estimate of drug-likeness (QED) is 0.868. The van der Waals surface area contributed by atoms with Gasteiger partial charge < -0.3 is 15.0 Å². The van der Waals surface area contributed by atoms with Crippen LogP contribution in [0.15, 0.2) is 6.07 Å². The molecule has 0 radical (unpaired) electrons. The minimum Gasteiger partial charge on any atom is -0.369 e. The summed E-state index contributed by atoms with van der Waals surface area (Å²) in [5.41, 5.74) is 0.831. The Morgan fingerprint density at radius 1 is 1.44 bits per heavy atom. The molecule has 0 saturated carbocycles. The van der Waals surface area contributed by atoms with E-state index in [9.17, 15) is 0 Å². The van der Waals surface area contributed by atoms with E-state index in [2.05, 4.69) is 41.0 Å². The van der Waals surface area contributed by atoms with Crippen molar-refractivity contribution in [3.05, 3.63) is 11.8 Å². The monoisotopic (exact) mass is 250 g/mol. The molecule has 1 atom stereocenters. The van der Waals surface area contributed by atoms with E-state index in [0.29, 0.717) is 5.95 Å². The van der Waals surface area contributed by atoms with Crippen LogP contribution < -0.4 is 10.2 Å². The number of hydrogen-bond acceptors (Lipinski definition) is 5. The number of aryl methyl sites for hydroxylation is 1. The second-order valence-electron chi connectivity index (χ2n) is 5.51. The van der Waals surface area contributed by atoms with Gasteiger partial charge in [-0.1, -0.05) is 0 Å². The Balaban J connectivity index is 2.27. The Hall–Kier alpha value is -1.36. The van der Waals surface area contributed by atoms with E-state index < -0.39 is 0 Å². The van der Waals surface area contributed by atoms with Crippen molar-refractivity contribution >= 4 is 11.8 Å². The number of nitrogens with zero attached hydrogens (tertiary/aromatic N) is 3. The van der Waals surface area contributed by atoms with Crippen LogP contribution in [-0.4, -0.2) is 41.8 Å². The van der Waals surface area contributed by atoms with Crippen molar-refractivity contribution in [3.8, 4) is 0 Å². The third kappa shape index (κ3) is 2.90. The van der Waals surface area contributed by atoms with Gasteiger partial charge in [0.2, 0.25) is 5.95 Å². The maximum Gasteiger partial charge on any atom is 0.224 e. The molecule has 2 heterocycles. The third-order valence-corrected chi connectivity index (χ3v) is 2.96. The normalized spacial score (nSPS) is 22.9. The van der Waals surface area contributed by atoms with Crippen LogP contribution in [0.3, 0.4) is 0 Å². The molecule has 0 amide bonds. The first-order chi connectivity index (χ1) is 8.39. The number of hydrogen-bond donors (Lipinski definition) is 1. The van der Waals surface area contributed by atoms with Gasteiger partial charge in [-0.2, -0.15) is 4.98 Å². The van der Waals surface area contributed by atoms with E-state index in [4.69, 9.17) is 4.74 Å². The van der Waals surface area contributed by atoms with Crippen molar-refractivity contribution in [2.75, 3.05) is 30.4 Å². The van der Waals surface area contributed by atoms with Gasteiger partial charge in [0.05, 0.1) is 11.7 Å². The highest BCUT2D eigenvalue weighted by Gasteiger charge is 2.32. The molecule has 0 spiro atoms. The zero-order valence-corrected chi connectivity index (χ0v) is 11.8. The molecule has 1 fully saturated rings. The minimum atomic E-state index is -0.143. The number of aromatic nitrogens is 2. The summed E-state index contributed by atoms with van der Waals surface area (Å²) in [5.74, 6) is 1.64. The highest BCUT2D eigenvalue weighted by atomic mass is 16.5. The van der Waals surface area contributed by atoms with Gasteiger partial charge in [0.1, 0.15) is 5.82 Å². The summed E-state index contributed by atoms with van der Waals surface area (Å²) >= 11 is 0. The third-order valence-electron chi connectivity index (χ3n) is 2.96. The van der Waals surface area contributed by atoms with Gasteiger partial charge in [0.25, 0.3) is 0 Å². The molecule has 1 N–H and O–H groups in total. The molecule has 1 aliphatic rings. The zero-order chi connectivity index (χ0) is 13.3. The van der Waals surface area contributed by atoms with Crippen molar-refractivity contribution < 1.29 is 4.74 Å². The molecule has 1 aliphatic heterocycles. The summed E-state index contributed by atoms with van der Waals surface area (Å²) in [6.45, 7) is 10.0. The van der Waals surface area contributed by atoms with E-state index in [1.54, 1.807) is 0 Å². The molecule has 0 aromatic carbocycles. The fraction of sp³-hybridized carbons (Fsp3) is 0.692. The van der Waals surface area contributed by atoms with Gasteiger partial charge in [0.15, 0.2) is 0 Å². The van der Waals surface area contributed by atoms with E-state index in [0.717, 1.165) is 24.6 Å². The molecule has 1 unspecified atom stereocenters. The SMILES string of the molecule is CNc1nc(C)cc(N2CC(C)OC(C)(C)C2)n1. The van der Waals surface area contributed by atoms with Crippen molar-refractivity contribution in [1.82, 2.24) is 9.97 Å². The molecule has 1 aromatic rings. The lowest BCUT2D eigenvalue weighted by molar-refractivity contribution is -0.0751. The lowest BCUT2D eigenvalue weighted by Gasteiger charge is -2.42. The van der Waals surface area contributed by atoms with Crippen molar-refractivity contribution in [2.24, 2.45) is 0 Å². The zero-order valence-electron chi connectivity index (χ0n) is 11.8. The van der Waals surface area contributed by atoms with Crippen LogP contribution >= 0.6 is 0 Å². The van der Waals surface area contributed by atoms with Gasteiger partial charge in [-0.05, 0) is 27.7 Å². The molecule has 18 heavy (non-hydrogen) atoms. The predicted octanol–water partition coefficient (Wildman–Crippen LogP) is 1.83. The average molecular weight is 250 g/mol. The molecular formula is C13H22N4O. The molecule has 0 aliphatic carbocycles. The number of nitrogens with one attached hydrogen (secondary N) is 1. The lowest BCUT2D eigenvalue weighted by Crippen LogP contribution is -2.52. The summed E-state index contributed by atoms with van der Waals surface area (Å²) < 4.78 is 5.91. The summed E-state index contributed by atoms with van der Waals surface area (Å²) in [6.07, 6.45) is 0.210. The Labute approximate surface area is 109 Å². The van der Waals surface area contributed by atoms with Gasteiger partial charge in [-0.3, -0.25) is 0 Å². The maximum atomic E-state index is 5.91. The smallest absolute Gasteiger partial charge is 0.224 e. The van der Waals surface area contributed by atoms with Crippen LogP contribution in [0.5, 0.6) is 0 Å². The van der Waals surface area contributed by atoms with Crippen molar-refractivity contribution in [2.45, 2.75) is 39.4 Å². The minimum absolute atomic E-state index is 0.143. The number of anilines is 2. The number of rotatable bonds is 2. The number of morpholine rings is 1. The maximum absolute atomic E-state index is 5.91.